The van der Waals surface area contributed by atoms with Gasteiger partial charge in [0.2, 0.25) is 5.91 Å². The van der Waals surface area contributed by atoms with Crippen LogP contribution in [-0.4, -0.2) is 47.6 Å². The molecule has 5 nitrogen and oxygen atoms in total. The second-order valence-electron chi connectivity index (χ2n) is 5.80. The number of nitrogens with zero attached hydrogens (tertiary/aromatic N) is 1. The molecule has 2 aliphatic heterocycles. The number of rotatable bonds is 3. The topological polar surface area (TPSA) is 69.6 Å². The normalized spacial score (nSPS) is 32.1. The molecule has 0 aromatic rings. The van der Waals surface area contributed by atoms with E-state index in [1.54, 1.807) is 4.90 Å². The van der Waals surface area contributed by atoms with Crippen LogP contribution in [0.5, 0.6) is 0 Å². The number of amides is 1. The zero-order valence-corrected chi connectivity index (χ0v) is 11.7. The zero-order chi connectivity index (χ0) is 13.9. The number of aliphatic carboxylic acids is 1. The molecule has 1 amide bonds. The highest BCUT2D eigenvalue weighted by Crippen LogP contribution is 2.34. The molecule has 0 saturated carbocycles. The second kappa shape index (κ2) is 5.90. The highest BCUT2D eigenvalue weighted by molar-refractivity contribution is 5.83. The summed E-state index contributed by atoms with van der Waals surface area (Å²) in [5.74, 6) is -0.664. The van der Waals surface area contributed by atoms with Crippen molar-refractivity contribution in [2.45, 2.75) is 51.5 Å². The Hall–Kier alpha value is -1.10. The number of carboxylic acid groups (broad SMARTS) is 1. The minimum atomic E-state index is -0.760. The van der Waals surface area contributed by atoms with Gasteiger partial charge in [-0.25, -0.2) is 0 Å². The summed E-state index contributed by atoms with van der Waals surface area (Å²) in [5, 5.41) is 12.7. The first-order chi connectivity index (χ1) is 9.09. The van der Waals surface area contributed by atoms with E-state index in [1.807, 2.05) is 6.92 Å². The van der Waals surface area contributed by atoms with Crippen LogP contribution in [0.25, 0.3) is 0 Å². The first-order valence-corrected chi connectivity index (χ1v) is 7.34. The first kappa shape index (κ1) is 14.3. The summed E-state index contributed by atoms with van der Waals surface area (Å²) in [4.78, 5) is 25.7. The fraction of sp³-hybridized carbons (Fsp3) is 0.857. The van der Waals surface area contributed by atoms with Gasteiger partial charge in [0.15, 0.2) is 0 Å². The first-order valence-electron chi connectivity index (χ1n) is 7.34. The summed E-state index contributed by atoms with van der Waals surface area (Å²) in [6, 6.07) is -0.102. The third-order valence-corrected chi connectivity index (χ3v) is 4.63. The number of carbonyl (C=O) groups is 2. The molecule has 108 valence electrons. The molecule has 2 fully saturated rings. The molecule has 19 heavy (non-hydrogen) atoms. The van der Waals surface area contributed by atoms with Crippen LogP contribution in [0.4, 0.5) is 0 Å². The molecule has 2 aliphatic rings. The van der Waals surface area contributed by atoms with Crippen LogP contribution >= 0.6 is 0 Å². The maximum Gasteiger partial charge on any atom is 0.311 e. The number of hydrogen-bond acceptors (Lipinski definition) is 3. The lowest BCUT2D eigenvalue weighted by Crippen LogP contribution is -2.55. The SMILES string of the molecule is CCC1(C(=O)O)CCCN(C(=O)[C@H]2CCCCN2)C1. The molecule has 0 aromatic carbocycles. The van der Waals surface area contributed by atoms with Gasteiger partial charge in [0.05, 0.1) is 11.5 Å². The van der Waals surface area contributed by atoms with Crippen LogP contribution in [0.1, 0.15) is 45.4 Å². The van der Waals surface area contributed by atoms with Gasteiger partial charge < -0.3 is 15.3 Å². The van der Waals surface area contributed by atoms with Crippen LogP contribution in [0.3, 0.4) is 0 Å². The number of hydrogen-bond donors (Lipinski definition) is 2. The Morgan fingerprint density at radius 1 is 1.37 bits per heavy atom. The average Bonchev–Trinajstić information content (AvgIpc) is 2.47. The summed E-state index contributed by atoms with van der Waals surface area (Å²) in [7, 11) is 0. The van der Waals surface area contributed by atoms with Gasteiger partial charge in [0, 0.05) is 13.1 Å². The number of carboxylic acids is 1. The average molecular weight is 268 g/mol. The minimum Gasteiger partial charge on any atom is -0.481 e. The lowest BCUT2D eigenvalue weighted by Gasteiger charge is -2.41. The van der Waals surface area contributed by atoms with Gasteiger partial charge in [-0.05, 0) is 38.6 Å². The summed E-state index contributed by atoms with van der Waals surface area (Å²) < 4.78 is 0. The smallest absolute Gasteiger partial charge is 0.311 e. The van der Waals surface area contributed by atoms with Gasteiger partial charge in [-0.15, -0.1) is 0 Å². The Morgan fingerprint density at radius 3 is 2.74 bits per heavy atom. The van der Waals surface area contributed by atoms with Gasteiger partial charge in [-0.2, -0.15) is 0 Å². The second-order valence-corrected chi connectivity index (χ2v) is 5.80. The Labute approximate surface area is 114 Å². The van der Waals surface area contributed by atoms with Gasteiger partial charge in [-0.3, -0.25) is 9.59 Å². The molecule has 2 heterocycles. The van der Waals surface area contributed by atoms with Crippen molar-refractivity contribution in [3.05, 3.63) is 0 Å². The fourth-order valence-corrected chi connectivity index (χ4v) is 3.22. The molecule has 2 rings (SSSR count). The van der Waals surface area contributed by atoms with Crippen molar-refractivity contribution in [3.63, 3.8) is 0 Å². The molecule has 2 atom stereocenters. The summed E-state index contributed by atoms with van der Waals surface area (Å²) >= 11 is 0. The number of nitrogens with one attached hydrogen (secondary N) is 1. The van der Waals surface area contributed by atoms with Gasteiger partial charge >= 0.3 is 5.97 Å². The summed E-state index contributed by atoms with van der Waals surface area (Å²) in [6.07, 6.45) is 5.14. The van der Waals surface area contributed by atoms with E-state index >= 15 is 0 Å². The van der Waals surface area contributed by atoms with E-state index in [1.165, 1.54) is 0 Å². The lowest BCUT2D eigenvalue weighted by molar-refractivity contribution is -0.155. The largest absolute Gasteiger partial charge is 0.481 e. The van der Waals surface area contributed by atoms with Gasteiger partial charge in [0.1, 0.15) is 0 Å². The molecule has 0 bridgehead atoms. The number of carbonyl (C=O) groups excluding carboxylic acids is 1. The predicted octanol–water partition coefficient (Wildman–Crippen LogP) is 1.23. The maximum atomic E-state index is 12.4. The zero-order valence-electron chi connectivity index (χ0n) is 11.7. The summed E-state index contributed by atoms with van der Waals surface area (Å²) in [6.45, 7) is 3.87. The molecule has 2 N–H and O–H groups in total. The van der Waals surface area contributed by atoms with Crippen LogP contribution in [0, 0.1) is 5.41 Å². The minimum absolute atomic E-state index is 0.0958. The van der Waals surface area contributed by atoms with Crippen molar-refractivity contribution in [2.75, 3.05) is 19.6 Å². The van der Waals surface area contributed by atoms with Crippen LogP contribution in [-0.2, 0) is 9.59 Å². The van der Waals surface area contributed by atoms with Crippen molar-refractivity contribution < 1.29 is 14.7 Å². The third kappa shape index (κ3) is 2.91. The molecule has 2 saturated heterocycles. The molecule has 0 aromatic heterocycles. The van der Waals surface area contributed by atoms with E-state index in [9.17, 15) is 14.7 Å². The molecule has 5 heteroatoms. The number of piperidine rings is 2. The molecule has 1 unspecified atom stereocenters. The molecule has 0 aliphatic carbocycles. The monoisotopic (exact) mass is 268 g/mol. The van der Waals surface area contributed by atoms with E-state index in [2.05, 4.69) is 5.32 Å². The van der Waals surface area contributed by atoms with E-state index in [4.69, 9.17) is 0 Å². The van der Waals surface area contributed by atoms with E-state index in [-0.39, 0.29) is 11.9 Å². The van der Waals surface area contributed by atoms with E-state index in [0.717, 1.165) is 32.2 Å². The predicted molar refractivity (Wildman–Crippen MR) is 71.8 cm³/mol. The molecular formula is C14H24N2O3. The van der Waals surface area contributed by atoms with Crippen LogP contribution < -0.4 is 5.32 Å². The van der Waals surface area contributed by atoms with Crippen molar-refractivity contribution in [1.29, 1.82) is 0 Å². The van der Waals surface area contributed by atoms with Gasteiger partial charge in [-0.1, -0.05) is 13.3 Å². The standard InChI is InChI=1S/C14H24N2O3/c1-2-14(13(18)19)7-5-9-16(10-14)12(17)11-6-3-4-8-15-11/h11,15H,2-10H2,1H3,(H,18,19)/t11-,14?/m1/s1. The Bertz CT molecular complexity index is 353. The molecule has 0 spiro atoms. The van der Waals surface area contributed by atoms with E-state index < -0.39 is 11.4 Å². The third-order valence-electron chi connectivity index (χ3n) is 4.63. The Balaban J connectivity index is 2.03. The highest BCUT2D eigenvalue weighted by Gasteiger charge is 2.43. The Kier molecular flexibility index (Phi) is 4.45. The van der Waals surface area contributed by atoms with Crippen molar-refractivity contribution in [1.82, 2.24) is 10.2 Å². The maximum absolute atomic E-state index is 12.4. The summed E-state index contributed by atoms with van der Waals surface area (Å²) in [5.41, 5.74) is -0.734. The van der Waals surface area contributed by atoms with E-state index in [0.29, 0.717) is 25.9 Å². The van der Waals surface area contributed by atoms with Crippen LogP contribution in [0.15, 0.2) is 0 Å². The van der Waals surface area contributed by atoms with Crippen molar-refractivity contribution >= 4 is 11.9 Å². The van der Waals surface area contributed by atoms with Gasteiger partial charge in [0.25, 0.3) is 0 Å². The van der Waals surface area contributed by atoms with Crippen molar-refractivity contribution in [2.24, 2.45) is 5.41 Å². The van der Waals surface area contributed by atoms with Crippen LogP contribution in [0.2, 0.25) is 0 Å². The highest BCUT2D eigenvalue weighted by atomic mass is 16.4. The quantitative estimate of drug-likeness (QED) is 0.808. The number of likely N-dealkylation sites (tertiary alicyclic amines) is 1. The molecular weight excluding hydrogens is 244 g/mol. The van der Waals surface area contributed by atoms with Crippen molar-refractivity contribution in [3.8, 4) is 0 Å². The fourth-order valence-electron chi connectivity index (χ4n) is 3.22. The molecule has 0 radical (unpaired) electrons. The lowest BCUT2D eigenvalue weighted by atomic mass is 9.77. The Morgan fingerprint density at radius 2 is 2.16 bits per heavy atom.